The lowest BCUT2D eigenvalue weighted by atomic mass is 10.2. The number of benzene rings is 2. The van der Waals surface area contributed by atoms with Gasteiger partial charge in [0.25, 0.3) is 5.91 Å². The van der Waals surface area contributed by atoms with Crippen LogP contribution in [-0.2, 0) is 9.59 Å². The van der Waals surface area contributed by atoms with E-state index in [0.29, 0.717) is 47.9 Å². The van der Waals surface area contributed by atoms with Gasteiger partial charge >= 0.3 is 0 Å². The summed E-state index contributed by atoms with van der Waals surface area (Å²) in [5.74, 6) is 1.42. The van der Waals surface area contributed by atoms with Crippen LogP contribution in [0, 0.1) is 0 Å². The first-order chi connectivity index (χ1) is 15.6. The summed E-state index contributed by atoms with van der Waals surface area (Å²) in [7, 11) is 0. The molecule has 3 heterocycles. The monoisotopic (exact) mass is 472 g/mol. The summed E-state index contributed by atoms with van der Waals surface area (Å²) in [6, 6.07) is 12.8. The molecule has 0 bridgehead atoms. The van der Waals surface area contributed by atoms with Gasteiger partial charge in [-0.2, -0.15) is 0 Å². The van der Waals surface area contributed by atoms with Gasteiger partial charge in [-0.3, -0.25) is 9.59 Å². The molecule has 10 heteroatoms. The Labute approximate surface area is 193 Å². The first-order valence-corrected chi connectivity index (χ1v) is 11.7. The van der Waals surface area contributed by atoms with Gasteiger partial charge in [0, 0.05) is 31.2 Å². The van der Waals surface area contributed by atoms with Gasteiger partial charge in [-0.15, -0.1) is 0 Å². The number of piperazine rings is 1. The molecule has 32 heavy (non-hydrogen) atoms. The van der Waals surface area contributed by atoms with Crippen LogP contribution in [0.3, 0.4) is 0 Å². The minimum absolute atomic E-state index is 0.0202. The molecule has 0 radical (unpaired) electrons. The summed E-state index contributed by atoms with van der Waals surface area (Å²) in [5.41, 5.74) is 1.66. The van der Waals surface area contributed by atoms with Gasteiger partial charge in [0.2, 0.25) is 12.0 Å². The Kier molecular flexibility index (Phi) is 5.84. The normalized spacial score (nSPS) is 18.1. The molecule has 8 nitrogen and oxygen atoms in total. The Morgan fingerprint density at radius 2 is 1.84 bits per heavy atom. The zero-order chi connectivity index (χ0) is 22.1. The predicted molar refractivity (Wildman–Crippen MR) is 121 cm³/mol. The van der Waals surface area contributed by atoms with Crippen molar-refractivity contribution in [3.63, 3.8) is 0 Å². The number of hydrogen-bond donors (Lipinski definition) is 1. The molecule has 2 aliphatic heterocycles. The van der Waals surface area contributed by atoms with E-state index in [-0.39, 0.29) is 24.2 Å². The Hall–Kier alpha value is -2.91. The van der Waals surface area contributed by atoms with Crippen molar-refractivity contribution >= 4 is 46.2 Å². The molecule has 1 saturated heterocycles. The molecule has 0 saturated carbocycles. The molecule has 1 N–H and O–H groups in total. The van der Waals surface area contributed by atoms with Gasteiger partial charge in [-0.25, -0.2) is 4.98 Å². The summed E-state index contributed by atoms with van der Waals surface area (Å²) in [4.78, 5) is 36.7. The number of nitrogens with one attached hydrogen (secondary N) is 1. The Bertz CT molecular complexity index is 1160. The number of thioether (sulfide) groups is 1. The number of para-hydroxylation sites is 2. The third-order valence-corrected chi connectivity index (χ3v) is 6.58. The molecule has 2 aliphatic rings. The lowest BCUT2D eigenvalue weighted by Gasteiger charge is -2.37. The van der Waals surface area contributed by atoms with Crippen molar-refractivity contribution in [1.29, 1.82) is 0 Å². The number of carbonyl (C=O) groups excluding carboxylic acids is 2. The molecule has 2 aromatic carbocycles. The molecule has 0 aliphatic carbocycles. The van der Waals surface area contributed by atoms with E-state index in [4.69, 9.17) is 21.1 Å². The fourth-order valence-corrected chi connectivity index (χ4v) is 4.73. The standard InChI is InChI=1S/C22H21ClN4O4S/c23-14-5-6-15-16(11-14)25-22(24-15)32-13-20(28)26-7-9-27(10-8-26)21(29)19-12-30-17-3-1-2-4-18(17)31-19/h1-6,11,19H,7-10,12-13H2,(H,24,25)/t19-/m1/s1. The topological polar surface area (TPSA) is 87.8 Å². The summed E-state index contributed by atoms with van der Waals surface area (Å²) >= 11 is 7.36. The van der Waals surface area contributed by atoms with Crippen molar-refractivity contribution in [2.45, 2.75) is 11.3 Å². The number of fused-ring (bicyclic) bond motifs is 2. The number of amides is 2. The lowest BCUT2D eigenvalue weighted by Crippen LogP contribution is -2.55. The molecule has 2 amide bonds. The van der Waals surface area contributed by atoms with Gasteiger partial charge in [0.15, 0.2) is 16.7 Å². The average Bonchev–Trinajstić information content (AvgIpc) is 3.24. The second-order valence-corrected chi connectivity index (χ2v) is 8.96. The van der Waals surface area contributed by atoms with E-state index in [0.717, 1.165) is 11.0 Å². The number of imidazole rings is 1. The van der Waals surface area contributed by atoms with Gasteiger partial charge in [-0.1, -0.05) is 35.5 Å². The van der Waals surface area contributed by atoms with Crippen molar-refractivity contribution in [3.05, 3.63) is 47.5 Å². The van der Waals surface area contributed by atoms with Crippen LogP contribution in [0.4, 0.5) is 0 Å². The van der Waals surface area contributed by atoms with Crippen molar-refractivity contribution < 1.29 is 19.1 Å². The quantitative estimate of drug-likeness (QED) is 0.587. The van der Waals surface area contributed by atoms with Gasteiger partial charge in [-0.05, 0) is 30.3 Å². The summed E-state index contributed by atoms with van der Waals surface area (Å²) in [5, 5.41) is 1.31. The fraction of sp³-hybridized carbons (Fsp3) is 0.318. The molecule has 1 aromatic heterocycles. The van der Waals surface area contributed by atoms with Gasteiger partial charge in [0.1, 0.15) is 6.61 Å². The number of H-pyrrole nitrogens is 1. The van der Waals surface area contributed by atoms with E-state index in [1.165, 1.54) is 11.8 Å². The molecule has 1 atom stereocenters. The minimum Gasteiger partial charge on any atom is -0.485 e. The first-order valence-electron chi connectivity index (χ1n) is 10.3. The van der Waals surface area contributed by atoms with Crippen LogP contribution in [-0.4, -0.2) is 76.2 Å². The molecule has 5 rings (SSSR count). The molecule has 1 fully saturated rings. The number of aromatic nitrogens is 2. The van der Waals surface area contributed by atoms with Crippen molar-refractivity contribution in [1.82, 2.24) is 19.8 Å². The molecule has 3 aromatic rings. The third kappa shape index (κ3) is 4.35. The highest BCUT2D eigenvalue weighted by atomic mass is 35.5. The van der Waals surface area contributed by atoms with Crippen molar-refractivity contribution in [2.75, 3.05) is 38.5 Å². The first kappa shape index (κ1) is 21.0. The van der Waals surface area contributed by atoms with E-state index in [1.54, 1.807) is 21.9 Å². The van der Waals surface area contributed by atoms with Crippen LogP contribution in [0.25, 0.3) is 11.0 Å². The molecule has 0 spiro atoms. The number of hydrogen-bond acceptors (Lipinski definition) is 6. The van der Waals surface area contributed by atoms with Crippen molar-refractivity contribution in [2.24, 2.45) is 0 Å². The molecular formula is C22H21ClN4O4S. The minimum atomic E-state index is -0.663. The number of halogens is 1. The molecule has 166 valence electrons. The summed E-state index contributed by atoms with van der Waals surface area (Å²) < 4.78 is 11.5. The molecule has 0 unspecified atom stereocenters. The average molecular weight is 473 g/mol. The number of carbonyl (C=O) groups is 2. The highest BCUT2D eigenvalue weighted by molar-refractivity contribution is 7.99. The second-order valence-electron chi connectivity index (χ2n) is 7.56. The second kappa shape index (κ2) is 8.91. The Balaban J connectivity index is 1.11. The van der Waals surface area contributed by atoms with E-state index in [2.05, 4.69) is 9.97 Å². The van der Waals surface area contributed by atoms with E-state index >= 15 is 0 Å². The predicted octanol–water partition coefficient (Wildman–Crippen LogP) is 2.82. The zero-order valence-corrected chi connectivity index (χ0v) is 18.7. The van der Waals surface area contributed by atoms with E-state index in [1.807, 2.05) is 30.3 Å². The smallest absolute Gasteiger partial charge is 0.267 e. The third-order valence-electron chi connectivity index (χ3n) is 5.48. The van der Waals surface area contributed by atoms with Crippen LogP contribution >= 0.6 is 23.4 Å². The maximum atomic E-state index is 12.9. The van der Waals surface area contributed by atoms with Crippen LogP contribution in [0.1, 0.15) is 0 Å². The van der Waals surface area contributed by atoms with Gasteiger partial charge in [0.05, 0.1) is 16.8 Å². The van der Waals surface area contributed by atoms with Crippen LogP contribution in [0.15, 0.2) is 47.6 Å². The number of aromatic amines is 1. The van der Waals surface area contributed by atoms with Crippen molar-refractivity contribution in [3.8, 4) is 11.5 Å². The van der Waals surface area contributed by atoms with Crippen LogP contribution in [0.5, 0.6) is 11.5 Å². The lowest BCUT2D eigenvalue weighted by molar-refractivity contribution is -0.145. The largest absolute Gasteiger partial charge is 0.485 e. The van der Waals surface area contributed by atoms with Crippen LogP contribution in [0.2, 0.25) is 5.02 Å². The van der Waals surface area contributed by atoms with E-state index in [9.17, 15) is 9.59 Å². The maximum absolute atomic E-state index is 12.9. The Morgan fingerprint density at radius 1 is 1.09 bits per heavy atom. The number of ether oxygens (including phenoxy) is 2. The highest BCUT2D eigenvalue weighted by Gasteiger charge is 2.33. The maximum Gasteiger partial charge on any atom is 0.267 e. The fourth-order valence-electron chi connectivity index (χ4n) is 3.77. The van der Waals surface area contributed by atoms with Crippen LogP contribution < -0.4 is 9.47 Å². The summed E-state index contributed by atoms with van der Waals surface area (Å²) in [6.07, 6.45) is -0.663. The summed E-state index contributed by atoms with van der Waals surface area (Å²) in [6.45, 7) is 2.12. The number of rotatable bonds is 4. The van der Waals surface area contributed by atoms with Gasteiger partial charge < -0.3 is 24.3 Å². The number of nitrogens with zero attached hydrogens (tertiary/aromatic N) is 3. The van der Waals surface area contributed by atoms with E-state index < -0.39 is 6.10 Å². The SMILES string of the molecule is O=C(CSc1nc2ccc(Cl)cc2[nH]1)N1CCN(C(=O)[C@H]2COc3ccccc3O2)CC1. The molecular weight excluding hydrogens is 452 g/mol. The zero-order valence-electron chi connectivity index (χ0n) is 17.1. The highest BCUT2D eigenvalue weighted by Crippen LogP contribution is 2.31. The Morgan fingerprint density at radius 3 is 2.66 bits per heavy atom.